The highest BCUT2D eigenvalue weighted by Crippen LogP contribution is 2.25. The Bertz CT molecular complexity index is 503. The minimum atomic E-state index is -3.69. The van der Waals surface area contributed by atoms with Gasteiger partial charge in [0, 0.05) is 29.8 Å². The Kier molecular flexibility index (Phi) is 2.86. The van der Waals surface area contributed by atoms with Crippen LogP contribution in [0, 0.1) is 0 Å². The summed E-state index contributed by atoms with van der Waals surface area (Å²) >= 11 is 0. The van der Waals surface area contributed by atoms with E-state index >= 15 is 0 Å². The topological polar surface area (TPSA) is 67.3 Å². The van der Waals surface area contributed by atoms with Crippen LogP contribution in [0.5, 0.6) is 0 Å². The third kappa shape index (κ3) is 2.17. The Morgan fingerprint density at radius 2 is 2.25 bits per heavy atom. The maximum absolute atomic E-state index is 11.6. The first-order chi connectivity index (χ1) is 7.48. The quantitative estimate of drug-likeness (QED) is 0.736. The fourth-order valence-electron chi connectivity index (χ4n) is 1.63. The smallest absolute Gasteiger partial charge is 0.237 e. The van der Waals surface area contributed by atoms with Gasteiger partial charge in [-0.25, -0.2) is 8.42 Å². The van der Waals surface area contributed by atoms with Gasteiger partial charge in [-0.2, -0.15) is 0 Å². The standard InChI is InChI=1S/C9H9ClN2O3S/c10-16(14,15)8-4-9(13)12(6-8)7-2-1-3-11-5-7/h1-3,5,8H,4,6H2. The van der Waals surface area contributed by atoms with Crippen molar-refractivity contribution >= 4 is 31.3 Å². The van der Waals surface area contributed by atoms with Crippen LogP contribution >= 0.6 is 10.7 Å². The molecule has 7 heteroatoms. The van der Waals surface area contributed by atoms with Gasteiger partial charge in [0.25, 0.3) is 0 Å². The lowest BCUT2D eigenvalue weighted by Gasteiger charge is -2.15. The van der Waals surface area contributed by atoms with Gasteiger partial charge in [0.15, 0.2) is 0 Å². The molecule has 0 aliphatic carbocycles. The molecule has 86 valence electrons. The van der Waals surface area contributed by atoms with Crippen LogP contribution in [0.25, 0.3) is 0 Å². The van der Waals surface area contributed by atoms with E-state index in [0.717, 1.165) is 0 Å². The Morgan fingerprint density at radius 1 is 1.50 bits per heavy atom. The molecule has 1 aliphatic rings. The van der Waals surface area contributed by atoms with Gasteiger partial charge in [0.05, 0.1) is 11.9 Å². The van der Waals surface area contributed by atoms with Crippen LogP contribution in [0.4, 0.5) is 5.69 Å². The van der Waals surface area contributed by atoms with Crippen LogP contribution in [0.1, 0.15) is 6.42 Å². The summed E-state index contributed by atoms with van der Waals surface area (Å²) in [5.74, 6) is -0.248. The number of aromatic nitrogens is 1. The molecule has 5 nitrogen and oxygen atoms in total. The first-order valence-corrected chi connectivity index (χ1v) is 6.99. The molecule has 1 aromatic rings. The van der Waals surface area contributed by atoms with Gasteiger partial charge < -0.3 is 4.90 Å². The molecule has 0 aromatic carbocycles. The third-order valence-corrected chi connectivity index (χ3v) is 4.31. The lowest BCUT2D eigenvalue weighted by Crippen LogP contribution is -2.26. The number of anilines is 1. The summed E-state index contributed by atoms with van der Waals surface area (Å²) in [5, 5.41) is -0.832. The summed E-state index contributed by atoms with van der Waals surface area (Å²) in [7, 11) is 1.55. The maximum Gasteiger partial charge on any atom is 0.237 e. The van der Waals surface area contributed by atoms with Crippen LogP contribution in [0.2, 0.25) is 0 Å². The lowest BCUT2D eigenvalue weighted by molar-refractivity contribution is -0.117. The Labute approximate surface area is 97.5 Å². The number of hydrogen-bond donors (Lipinski definition) is 0. The molecule has 2 heterocycles. The molecule has 0 spiro atoms. The summed E-state index contributed by atoms with van der Waals surface area (Å²) < 4.78 is 22.3. The third-order valence-electron chi connectivity index (χ3n) is 2.45. The zero-order chi connectivity index (χ0) is 11.8. The first kappa shape index (κ1) is 11.3. The predicted octanol–water partition coefficient (Wildman–Crippen LogP) is 0.755. The molecule has 0 N–H and O–H groups in total. The highest BCUT2D eigenvalue weighted by atomic mass is 35.7. The molecule has 2 rings (SSSR count). The molecule has 1 atom stereocenters. The second kappa shape index (κ2) is 4.03. The van der Waals surface area contributed by atoms with Gasteiger partial charge in [-0.1, -0.05) is 0 Å². The zero-order valence-corrected chi connectivity index (χ0v) is 9.78. The van der Waals surface area contributed by atoms with Crippen molar-refractivity contribution in [1.29, 1.82) is 0 Å². The van der Waals surface area contributed by atoms with Crippen molar-refractivity contribution in [3.8, 4) is 0 Å². The minimum absolute atomic E-state index is 0.0687. The summed E-state index contributed by atoms with van der Waals surface area (Å²) in [4.78, 5) is 16.9. The van der Waals surface area contributed by atoms with Gasteiger partial charge in [-0.15, -0.1) is 0 Å². The molecule has 1 aliphatic heterocycles. The summed E-state index contributed by atoms with van der Waals surface area (Å²) in [5.41, 5.74) is 0.593. The van der Waals surface area contributed by atoms with Gasteiger partial charge in [-0.3, -0.25) is 9.78 Å². The van der Waals surface area contributed by atoms with Crippen molar-refractivity contribution < 1.29 is 13.2 Å². The molecular formula is C9H9ClN2O3S. The molecule has 1 fully saturated rings. The number of rotatable bonds is 2. The number of amides is 1. The molecule has 1 aromatic heterocycles. The van der Waals surface area contributed by atoms with Gasteiger partial charge in [0.1, 0.15) is 5.25 Å². The van der Waals surface area contributed by atoms with Crippen molar-refractivity contribution in [3.63, 3.8) is 0 Å². The predicted molar refractivity (Wildman–Crippen MR) is 59.8 cm³/mol. The largest absolute Gasteiger partial charge is 0.309 e. The SMILES string of the molecule is O=C1CC(S(=O)(=O)Cl)CN1c1cccnc1. The average Bonchev–Trinajstić information content (AvgIpc) is 2.61. The molecule has 1 unspecified atom stereocenters. The number of carbonyl (C=O) groups excluding carboxylic acids is 1. The van der Waals surface area contributed by atoms with Gasteiger partial charge >= 0.3 is 0 Å². The molecule has 1 saturated heterocycles. The maximum atomic E-state index is 11.6. The van der Waals surface area contributed by atoms with Crippen LogP contribution in [-0.2, 0) is 13.8 Å². The first-order valence-electron chi connectivity index (χ1n) is 4.62. The van der Waals surface area contributed by atoms with E-state index < -0.39 is 14.3 Å². The Morgan fingerprint density at radius 3 is 2.75 bits per heavy atom. The number of pyridine rings is 1. The van der Waals surface area contributed by atoms with Crippen molar-refractivity contribution in [1.82, 2.24) is 4.98 Å². The molecule has 16 heavy (non-hydrogen) atoms. The number of carbonyl (C=O) groups is 1. The summed E-state index contributed by atoms with van der Waals surface area (Å²) in [6, 6.07) is 3.39. The highest BCUT2D eigenvalue weighted by Gasteiger charge is 2.37. The van der Waals surface area contributed by atoms with Gasteiger partial charge in [0.2, 0.25) is 15.0 Å². The second-order valence-corrected chi connectivity index (χ2v) is 6.43. The summed E-state index contributed by atoms with van der Waals surface area (Å²) in [6.07, 6.45) is 3.03. The van der Waals surface area contributed by atoms with E-state index in [0.29, 0.717) is 5.69 Å². The van der Waals surface area contributed by atoms with Crippen molar-refractivity contribution in [2.24, 2.45) is 0 Å². The van der Waals surface area contributed by atoms with E-state index in [2.05, 4.69) is 4.98 Å². The molecule has 0 saturated carbocycles. The van der Waals surface area contributed by atoms with Crippen molar-refractivity contribution in [2.45, 2.75) is 11.7 Å². The molecular weight excluding hydrogens is 252 g/mol. The molecule has 0 bridgehead atoms. The monoisotopic (exact) mass is 260 g/mol. The second-order valence-electron chi connectivity index (χ2n) is 3.52. The highest BCUT2D eigenvalue weighted by molar-refractivity contribution is 8.14. The zero-order valence-electron chi connectivity index (χ0n) is 8.21. The molecule has 1 amide bonds. The van der Waals surface area contributed by atoms with Crippen molar-refractivity contribution in [3.05, 3.63) is 24.5 Å². The Hall–Kier alpha value is -1.14. The fraction of sp³-hybridized carbons (Fsp3) is 0.333. The lowest BCUT2D eigenvalue weighted by atomic mass is 10.4. The summed E-state index contributed by atoms with van der Waals surface area (Å²) in [6.45, 7) is 0.0936. The van der Waals surface area contributed by atoms with Crippen LogP contribution < -0.4 is 4.90 Å². The van der Waals surface area contributed by atoms with E-state index in [1.165, 1.54) is 11.1 Å². The average molecular weight is 261 g/mol. The van der Waals surface area contributed by atoms with E-state index in [4.69, 9.17) is 10.7 Å². The van der Waals surface area contributed by atoms with Crippen LogP contribution in [-0.4, -0.2) is 31.1 Å². The number of halogens is 1. The van der Waals surface area contributed by atoms with Crippen LogP contribution in [0.15, 0.2) is 24.5 Å². The van der Waals surface area contributed by atoms with E-state index in [-0.39, 0.29) is 18.9 Å². The van der Waals surface area contributed by atoms with Gasteiger partial charge in [-0.05, 0) is 12.1 Å². The van der Waals surface area contributed by atoms with Crippen molar-refractivity contribution in [2.75, 3.05) is 11.4 Å². The van der Waals surface area contributed by atoms with Crippen LogP contribution in [0.3, 0.4) is 0 Å². The van der Waals surface area contributed by atoms with E-state index in [9.17, 15) is 13.2 Å². The normalized spacial score (nSPS) is 21.4. The number of nitrogens with zero attached hydrogens (tertiary/aromatic N) is 2. The molecule has 0 radical (unpaired) electrons. The number of hydrogen-bond acceptors (Lipinski definition) is 4. The van der Waals surface area contributed by atoms with E-state index in [1.807, 2.05) is 0 Å². The minimum Gasteiger partial charge on any atom is -0.309 e. The Balaban J connectivity index is 2.25. The van der Waals surface area contributed by atoms with E-state index in [1.54, 1.807) is 18.3 Å². The fourth-order valence-corrected chi connectivity index (χ4v) is 2.65.